The van der Waals surface area contributed by atoms with E-state index in [0.717, 1.165) is 5.56 Å². The van der Waals surface area contributed by atoms with Crippen LogP contribution in [0.1, 0.15) is 10.5 Å². The fourth-order valence-corrected chi connectivity index (χ4v) is 1.45. The van der Waals surface area contributed by atoms with Gasteiger partial charge in [0, 0.05) is 18.0 Å². The van der Waals surface area contributed by atoms with Crippen molar-refractivity contribution in [2.45, 2.75) is 0 Å². The quantitative estimate of drug-likeness (QED) is 0.728. The summed E-state index contributed by atoms with van der Waals surface area (Å²) in [6.07, 6.45) is 4.00. The predicted octanol–water partition coefficient (Wildman–Crippen LogP) is 2.61. The highest BCUT2D eigenvalue weighted by Crippen LogP contribution is 2.24. The molecule has 2 heterocycles. The molecule has 0 saturated heterocycles. The normalized spacial score (nSPS) is 9.93. The molecule has 0 saturated carbocycles. The van der Waals surface area contributed by atoms with Crippen LogP contribution in [0.15, 0.2) is 36.7 Å². The molecule has 2 aromatic heterocycles. The van der Waals surface area contributed by atoms with Crippen LogP contribution < -0.4 is 0 Å². The van der Waals surface area contributed by atoms with Gasteiger partial charge in [-0.1, -0.05) is 11.6 Å². The Morgan fingerprint density at radius 2 is 1.87 bits per heavy atom. The highest BCUT2D eigenvalue weighted by atomic mass is 35.5. The number of aldehydes is 1. The number of carbonyl (C=O) groups excluding carboxylic acids is 1. The molecule has 74 valence electrons. The van der Waals surface area contributed by atoms with Gasteiger partial charge in [-0.05, 0) is 24.3 Å². The Bertz CT molecular complexity index is 485. The summed E-state index contributed by atoms with van der Waals surface area (Å²) in [6.45, 7) is 0. The van der Waals surface area contributed by atoms with Crippen molar-refractivity contribution < 1.29 is 4.79 Å². The average Bonchev–Trinajstić information content (AvgIpc) is 2.31. The van der Waals surface area contributed by atoms with Gasteiger partial charge in [-0.25, -0.2) is 4.98 Å². The summed E-state index contributed by atoms with van der Waals surface area (Å²) in [6, 6.07) is 6.83. The van der Waals surface area contributed by atoms with Crippen LogP contribution in [-0.4, -0.2) is 16.3 Å². The molecule has 15 heavy (non-hydrogen) atoms. The summed E-state index contributed by atoms with van der Waals surface area (Å²) in [5, 5.41) is 0.520. The Morgan fingerprint density at radius 3 is 2.53 bits per heavy atom. The van der Waals surface area contributed by atoms with Gasteiger partial charge in [0.25, 0.3) is 0 Å². The molecule has 0 unspecified atom stereocenters. The van der Waals surface area contributed by atoms with E-state index in [1.807, 2.05) is 0 Å². The van der Waals surface area contributed by atoms with Crippen LogP contribution in [0.25, 0.3) is 11.3 Å². The van der Waals surface area contributed by atoms with E-state index in [9.17, 15) is 4.79 Å². The molecule has 0 fully saturated rings. The molecule has 4 heteroatoms. The molecule has 0 radical (unpaired) electrons. The van der Waals surface area contributed by atoms with Gasteiger partial charge < -0.3 is 0 Å². The molecule has 0 N–H and O–H groups in total. The summed E-state index contributed by atoms with van der Waals surface area (Å²) < 4.78 is 0. The summed E-state index contributed by atoms with van der Waals surface area (Å²) >= 11 is 5.99. The Morgan fingerprint density at radius 1 is 1.13 bits per heavy atom. The van der Waals surface area contributed by atoms with Crippen molar-refractivity contribution in [3.8, 4) is 11.3 Å². The lowest BCUT2D eigenvalue weighted by Gasteiger charge is -2.03. The summed E-state index contributed by atoms with van der Waals surface area (Å²) in [5.74, 6) is 0. The fourth-order valence-electron chi connectivity index (χ4n) is 1.24. The Hall–Kier alpha value is -1.74. The lowest BCUT2D eigenvalue weighted by atomic mass is 10.1. The van der Waals surface area contributed by atoms with Crippen molar-refractivity contribution in [2.24, 2.45) is 0 Å². The van der Waals surface area contributed by atoms with E-state index in [1.165, 1.54) is 0 Å². The van der Waals surface area contributed by atoms with Gasteiger partial charge in [-0.3, -0.25) is 9.78 Å². The minimum atomic E-state index is 0.367. The Balaban J connectivity index is 2.57. The van der Waals surface area contributed by atoms with Gasteiger partial charge >= 0.3 is 0 Å². The van der Waals surface area contributed by atoms with Gasteiger partial charge in [-0.15, -0.1) is 0 Å². The molecule has 0 amide bonds. The molecule has 0 aliphatic heterocycles. The first-order valence-electron chi connectivity index (χ1n) is 4.33. The van der Waals surface area contributed by atoms with E-state index >= 15 is 0 Å². The van der Waals surface area contributed by atoms with E-state index in [4.69, 9.17) is 11.6 Å². The molecule has 2 aromatic rings. The second-order valence-corrected chi connectivity index (χ2v) is 3.33. The maximum atomic E-state index is 10.6. The van der Waals surface area contributed by atoms with Crippen LogP contribution >= 0.6 is 11.6 Å². The zero-order valence-electron chi connectivity index (χ0n) is 7.72. The third-order valence-corrected chi connectivity index (χ3v) is 2.25. The third kappa shape index (κ3) is 2.02. The molecule has 3 nitrogen and oxygen atoms in total. The maximum absolute atomic E-state index is 10.6. The van der Waals surface area contributed by atoms with E-state index in [0.29, 0.717) is 22.7 Å². The number of rotatable bonds is 2. The molecule has 0 aromatic carbocycles. The summed E-state index contributed by atoms with van der Waals surface area (Å²) in [7, 11) is 0. The maximum Gasteiger partial charge on any atom is 0.168 e. The zero-order valence-corrected chi connectivity index (χ0v) is 8.48. The number of aromatic nitrogens is 2. The van der Waals surface area contributed by atoms with Crippen molar-refractivity contribution in [1.82, 2.24) is 9.97 Å². The van der Waals surface area contributed by atoms with Crippen molar-refractivity contribution in [1.29, 1.82) is 0 Å². The van der Waals surface area contributed by atoms with E-state index in [2.05, 4.69) is 9.97 Å². The van der Waals surface area contributed by atoms with Crippen molar-refractivity contribution in [2.75, 3.05) is 0 Å². The first-order chi connectivity index (χ1) is 7.31. The van der Waals surface area contributed by atoms with Crippen LogP contribution in [0.3, 0.4) is 0 Å². The number of hydrogen-bond acceptors (Lipinski definition) is 3. The van der Waals surface area contributed by atoms with E-state index in [1.54, 1.807) is 36.7 Å². The number of halogens is 1. The lowest BCUT2D eigenvalue weighted by Crippen LogP contribution is -1.91. The Labute approximate surface area is 91.8 Å². The lowest BCUT2D eigenvalue weighted by molar-refractivity contribution is 0.111. The minimum Gasteiger partial charge on any atom is -0.296 e. The monoisotopic (exact) mass is 218 g/mol. The number of nitrogens with zero attached hydrogens (tertiary/aromatic N) is 2. The molecule has 0 aliphatic carbocycles. The summed E-state index contributed by atoms with van der Waals surface area (Å²) in [5.41, 5.74) is 1.81. The molecular formula is C11H7ClN2O. The van der Waals surface area contributed by atoms with Crippen molar-refractivity contribution in [3.63, 3.8) is 0 Å². The molecular weight excluding hydrogens is 212 g/mol. The number of carbonyl (C=O) groups is 1. The largest absolute Gasteiger partial charge is 0.296 e. The molecule has 0 bridgehead atoms. The molecule has 0 aliphatic rings. The molecule has 2 rings (SSSR count). The van der Waals surface area contributed by atoms with Gasteiger partial charge in [-0.2, -0.15) is 0 Å². The number of pyridine rings is 2. The van der Waals surface area contributed by atoms with Crippen LogP contribution in [0.4, 0.5) is 0 Å². The topological polar surface area (TPSA) is 42.9 Å². The highest BCUT2D eigenvalue weighted by molar-refractivity contribution is 6.33. The molecule has 0 atom stereocenters. The van der Waals surface area contributed by atoms with Gasteiger partial charge in [0.05, 0.1) is 10.7 Å². The van der Waals surface area contributed by atoms with Gasteiger partial charge in [0.1, 0.15) is 5.69 Å². The van der Waals surface area contributed by atoms with E-state index < -0.39 is 0 Å². The van der Waals surface area contributed by atoms with Crippen LogP contribution in [0.5, 0.6) is 0 Å². The van der Waals surface area contributed by atoms with Crippen molar-refractivity contribution >= 4 is 17.9 Å². The zero-order chi connectivity index (χ0) is 10.7. The minimum absolute atomic E-state index is 0.367. The molecule has 0 spiro atoms. The van der Waals surface area contributed by atoms with Gasteiger partial charge in [0.2, 0.25) is 0 Å². The predicted molar refractivity (Wildman–Crippen MR) is 57.9 cm³/mol. The first kappa shape index (κ1) is 9.80. The fraction of sp³-hybridized carbons (Fsp3) is 0. The Kier molecular flexibility index (Phi) is 2.74. The number of hydrogen-bond donors (Lipinski definition) is 0. The second kappa shape index (κ2) is 4.19. The first-order valence-corrected chi connectivity index (χ1v) is 4.71. The van der Waals surface area contributed by atoms with Crippen LogP contribution in [0, 0.1) is 0 Å². The smallest absolute Gasteiger partial charge is 0.168 e. The van der Waals surface area contributed by atoms with E-state index in [-0.39, 0.29) is 0 Å². The van der Waals surface area contributed by atoms with Gasteiger partial charge in [0.15, 0.2) is 6.29 Å². The van der Waals surface area contributed by atoms with Crippen LogP contribution in [-0.2, 0) is 0 Å². The highest BCUT2D eigenvalue weighted by Gasteiger charge is 2.05. The standard InChI is InChI=1S/C11H7ClN2O/c12-10-2-1-9(7-15)14-11(10)8-3-5-13-6-4-8/h1-7H. The SMILES string of the molecule is O=Cc1ccc(Cl)c(-c2ccncc2)n1. The van der Waals surface area contributed by atoms with Crippen molar-refractivity contribution in [3.05, 3.63) is 47.4 Å². The average molecular weight is 219 g/mol. The second-order valence-electron chi connectivity index (χ2n) is 2.92. The summed E-state index contributed by atoms with van der Waals surface area (Å²) in [4.78, 5) is 18.6. The van der Waals surface area contributed by atoms with Crippen LogP contribution in [0.2, 0.25) is 5.02 Å². The third-order valence-electron chi connectivity index (χ3n) is 1.94.